The van der Waals surface area contributed by atoms with E-state index >= 15 is 0 Å². The minimum absolute atomic E-state index is 0.0475. The van der Waals surface area contributed by atoms with Crippen molar-refractivity contribution in [2.24, 2.45) is 0 Å². The second-order valence-corrected chi connectivity index (χ2v) is 11.2. The molecular formula is C23H26ClF3N4O3S. The number of rotatable bonds is 5. The van der Waals surface area contributed by atoms with Gasteiger partial charge >= 0.3 is 6.18 Å². The fourth-order valence-electron chi connectivity index (χ4n) is 4.37. The molecule has 0 aliphatic carbocycles. The molecule has 2 aromatic rings. The van der Waals surface area contributed by atoms with E-state index in [0.29, 0.717) is 36.8 Å². The molecule has 0 N–H and O–H groups in total. The molecule has 1 amide bonds. The zero-order valence-electron chi connectivity index (χ0n) is 19.3. The van der Waals surface area contributed by atoms with E-state index in [0.717, 1.165) is 22.1 Å². The molecule has 12 heteroatoms. The third-order valence-corrected chi connectivity index (χ3v) is 8.63. The smallest absolute Gasteiger partial charge is 0.369 e. The maximum Gasteiger partial charge on any atom is 0.417 e. The number of carbonyl (C=O) groups is 1. The van der Waals surface area contributed by atoms with Gasteiger partial charge in [-0.2, -0.15) is 17.5 Å². The van der Waals surface area contributed by atoms with Crippen LogP contribution in [0.3, 0.4) is 0 Å². The first-order valence-electron chi connectivity index (χ1n) is 11.1. The molecule has 2 aliphatic heterocycles. The molecule has 0 radical (unpaired) electrons. The summed E-state index contributed by atoms with van der Waals surface area (Å²) in [6, 6.07) is 9.56. The molecule has 2 aromatic carbocycles. The van der Waals surface area contributed by atoms with Gasteiger partial charge in [-0.3, -0.25) is 9.69 Å². The number of anilines is 1. The number of alkyl halides is 3. The molecule has 2 aliphatic rings. The van der Waals surface area contributed by atoms with Crippen LogP contribution in [0.1, 0.15) is 15.9 Å². The monoisotopic (exact) mass is 530 g/mol. The number of amides is 1. The zero-order chi connectivity index (χ0) is 25.5. The maximum atomic E-state index is 13.3. The van der Waals surface area contributed by atoms with Gasteiger partial charge in [-0.1, -0.05) is 23.7 Å². The van der Waals surface area contributed by atoms with Gasteiger partial charge in [0.2, 0.25) is 10.0 Å². The molecule has 0 atom stereocenters. The number of sulfonamides is 1. The highest BCUT2D eigenvalue weighted by Gasteiger charge is 2.44. The predicted octanol–water partition coefficient (Wildman–Crippen LogP) is 3.26. The van der Waals surface area contributed by atoms with E-state index in [-0.39, 0.29) is 25.0 Å². The molecule has 4 rings (SSSR count). The highest BCUT2D eigenvalue weighted by molar-refractivity contribution is 7.89. The van der Waals surface area contributed by atoms with E-state index in [9.17, 15) is 26.4 Å². The zero-order valence-corrected chi connectivity index (χ0v) is 20.9. The van der Waals surface area contributed by atoms with Crippen LogP contribution in [0.4, 0.5) is 18.9 Å². The maximum absolute atomic E-state index is 13.3. The molecule has 2 saturated heterocycles. The Labute approximate surface area is 207 Å². The minimum atomic E-state index is -4.74. The Morgan fingerprint density at radius 1 is 1.03 bits per heavy atom. The van der Waals surface area contributed by atoms with Crippen molar-refractivity contribution < 1.29 is 26.4 Å². The Morgan fingerprint density at radius 3 is 2.23 bits per heavy atom. The average Bonchev–Trinajstić information content (AvgIpc) is 2.77. The Kier molecular flexibility index (Phi) is 7.07. The summed E-state index contributed by atoms with van der Waals surface area (Å²) in [5.41, 5.74) is 0.183. The molecule has 0 saturated carbocycles. The summed E-state index contributed by atoms with van der Waals surface area (Å²) < 4.78 is 66.7. The topological polar surface area (TPSA) is 64.2 Å². The fourth-order valence-corrected chi connectivity index (χ4v) is 6.35. The van der Waals surface area contributed by atoms with Crippen LogP contribution in [0, 0.1) is 0 Å². The van der Waals surface area contributed by atoms with E-state index in [1.54, 1.807) is 26.2 Å². The predicted molar refractivity (Wildman–Crippen MR) is 127 cm³/mol. The van der Waals surface area contributed by atoms with E-state index in [1.165, 1.54) is 17.0 Å². The number of nitrogens with zero attached hydrogens (tertiary/aromatic N) is 4. The van der Waals surface area contributed by atoms with Crippen molar-refractivity contribution in [3.8, 4) is 0 Å². The molecule has 0 spiro atoms. The van der Waals surface area contributed by atoms with Gasteiger partial charge in [-0.25, -0.2) is 8.42 Å². The number of halogens is 4. The molecule has 190 valence electrons. The van der Waals surface area contributed by atoms with Gasteiger partial charge in [-0.15, -0.1) is 0 Å². The second-order valence-electron chi connectivity index (χ2n) is 8.86. The van der Waals surface area contributed by atoms with Crippen LogP contribution in [0.5, 0.6) is 0 Å². The van der Waals surface area contributed by atoms with Crippen LogP contribution < -0.4 is 4.90 Å². The van der Waals surface area contributed by atoms with Crippen molar-refractivity contribution in [3.05, 3.63) is 58.6 Å². The van der Waals surface area contributed by atoms with Gasteiger partial charge in [0.15, 0.2) is 0 Å². The summed E-state index contributed by atoms with van der Waals surface area (Å²) in [4.78, 5) is 17.2. The van der Waals surface area contributed by atoms with Gasteiger partial charge in [0.1, 0.15) is 0 Å². The number of carbonyl (C=O) groups excluding carboxylic acids is 1. The van der Waals surface area contributed by atoms with E-state index < -0.39 is 26.7 Å². The Bertz CT molecular complexity index is 1210. The Balaban J connectivity index is 1.36. The summed E-state index contributed by atoms with van der Waals surface area (Å²) in [6.07, 6.45) is -4.74. The normalized spacial score (nSPS) is 18.4. The number of benzene rings is 2. The molecule has 2 heterocycles. The van der Waals surface area contributed by atoms with Crippen molar-refractivity contribution in [1.29, 1.82) is 0 Å². The van der Waals surface area contributed by atoms with E-state index in [4.69, 9.17) is 11.6 Å². The van der Waals surface area contributed by atoms with Gasteiger partial charge < -0.3 is 9.80 Å². The van der Waals surface area contributed by atoms with E-state index in [1.807, 2.05) is 6.07 Å². The largest absolute Gasteiger partial charge is 0.417 e. The fraction of sp³-hybridized carbons (Fsp3) is 0.435. The molecule has 0 unspecified atom stereocenters. The first-order valence-corrected chi connectivity index (χ1v) is 12.9. The Hall–Kier alpha value is -2.34. The van der Waals surface area contributed by atoms with Gasteiger partial charge in [0.25, 0.3) is 5.91 Å². The lowest BCUT2D eigenvalue weighted by Crippen LogP contribution is -2.64. The van der Waals surface area contributed by atoms with Crippen molar-refractivity contribution in [2.45, 2.75) is 17.1 Å². The summed E-state index contributed by atoms with van der Waals surface area (Å²) in [7, 11) is -0.912. The molecule has 7 nitrogen and oxygen atoms in total. The third-order valence-electron chi connectivity index (χ3n) is 6.42. The highest BCUT2D eigenvalue weighted by Crippen LogP contribution is 2.36. The van der Waals surface area contributed by atoms with Crippen molar-refractivity contribution in [2.75, 3.05) is 58.3 Å². The number of piperazine rings is 1. The summed E-state index contributed by atoms with van der Waals surface area (Å²) >= 11 is 6.33. The molecule has 35 heavy (non-hydrogen) atoms. The van der Waals surface area contributed by atoms with Gasteiger partial charge in [-0.05, 0) is 30.3 Å². The quantitative estimate of drug-likeness (QED) is 0.594. The van der Waals surface area contributed by atoms with E-state index in [2.05, 4.69) is 9.80 Å². The Morgan fingerprint density at radius 2 is 1.66 bits per heavy atom. The lowest BCUT2D eigenvalue weighted by atomic mass is 10.1. The van der Waals surface area contributed by atoms with Crippen LogP contribution in [-0.2, 0) is 16.2 Å². The molecule has 0 bridgehead atoms. The molecule has 0 aromatic heterocycles. The van der Waals surface area contributed by atoms with Crippen molar-refractivity contribution in [1.82, 2.24) is 14.1 Å². The van der Waals surface area contributed by atoms with Crippen LogP contribution >= 0.6 is 11.6 Å². The second kappa shape index (κ2) is 9.61. The summed E-state index contributed by atoms with van der Waals surface area (Å²) in [5.74, 6) is -0.172. The molecule has 2 fully saturated rings. The number of hydrogen-bond donors (Lipinski definition) is 0. The number of hydrogen-bond acceptors (Lipinski definition) is 5. The van der Waals surface area contributed by atoms with Crippen LogP contribution in [0.2, 0.25) is 5.02 Å². The van der Waals surface area contributed by atoms with Gasteiger partial charge in [0.05, 0.1) is 21.0 Å². The first-order chi connectivity index (χ1) is 16.4. The first kappa shape index (κ1) is 25.7. The van der Waals surface area contributed by atoms with Crippen molar-refractivity contribution in [3.63, 3.8) is 0 Å². The lowest BCUT2D eigenvalue weighted by molar-refractivity contribution is -0.140. The third kappa shape index (κ3) is 5.13. The summed E-state index contributed by atoms with van der Waals surface area (Å²) in [5, 5.41) is 0.377. The molecular weight excluding hydrogens is 505 g/mol. The summed E-state index contributed by atoms with van der Waals surface area (Å²) in [6.45, 7) is 3.01. The van der Waals surface area contributed by atoms with Crippen LogP contribution in [0.25, 0.3) is 0 Å². The lowest BCUT2D eigenvalue weighted by Gasteiger charge is -2.47. The highest BCUT2D eigenvalue weighted by atomic mass is 35.5. The average molecular weight is 531 g/mol. The van der Waals surface area contributed by atoms with Gasteiger partial charge in [0, 0.05) is 65.1 Å². The van der Waals surface area contributed by atoms with Crippen LogP contribution in [0.15, 0.2) is 47.4 Å². The van der Waals surface area contributed by atoms with Crippen LogP contribution in [-0.4, -0.2) is 87.8 Å². The minimum Gasteiger partial charge on any atom is -0.369 e. The standard InChI is InChI=1S/C23H26ClF3N4O3S/c1-28(2)22(32)18-8-7-16(13-20(18)24)29-9-11-30(12-10-29)17-14-31(15-17)35(33,34)21-6-4-3-5-19(21)23(25,26)27/h3-8,13,17H,9-12,14-15H2,1-2H3. The van der Waals surface area contributed by atoms with Crippen molar-refractivity contribution >= 4 is 33.2 Å². The SMILES string of the molecule is CN(C)C(=O)c1ccc(N2CCN(C3CN(S(=O)(=O)c4ccccc4C(F)(F)F)C3)CC2)cc1Cl.